The number of hydrogen-bond donors (Lipinski definition) is 2. The maximum Gasteiger partial charge on any atom is 0.240 e. The number of nitrogens with one attached hydrogen (secondary N) is 2. The molecule has 0 bridgehead atoms. The minimum absolute atomic E-state index is 0.173. The van der Waals surface area contributed by atoms with Gasteiger partial charge in [-0.1, -0.05) is 53.4 Å². The van der Waals surface area contributed by atoms with Crippen LogP contribution < -0.4 is 10.6 Å². The summed E-state index contributed by atoms with van der Waals surface area (Å²) in [6.45, 7) is 7.80. The molecule has 2 aromatic heterocycles. The van der Waals surface area contributed by atoms with Crippen LogP contribution in [0, 0.1) is 13.8 Å². The Morgan fingerprint density at radius 3 is 2.85 bits per heavy atom. The van der Waals surface area contributed by atoms with Gasteiger partial charge in [-0.3, -0.25) is 10.1 Å². The Hall–Kier alpha value is -2.39. The number of benzene rings is 1. The molecule has 1 amide bonds. The second-order valence-corrected chi connectivity index (χ2v) is 8.61. The summed E-state index contributed by atoms with van der Waals surface area (Å²) in [6.07, 6.45) is 0.933. The molecule has 0 saturated carbocycles. The zero-order valence-corrected chi connectivity index (χ0v) is 17.2. The van der Waals surface area contributed by atoms with E-state index in [-0.39, 0.29) is 11.2 Å². The van der Waals surface area contributed by atoms with Gasteiger partial charge in [-0.25, -0.2) is 0 Å². The molecule has 0 aliphatic carbocycles. The molecular weight excluding hydrogens is 382 g/mol. The van der Waals surface area contributed by atoms with Gasteiger partial charge in [0.1, 0.15) is 0 Å². The SMILES string of the molecule is CCc1cccc(C)c1Nc1nnc(SC(C)C(=O)Nc2cc(C)no2)s1. The van der Waals surface area contributed by atoms with Crippen molar-refractivity contribution in [1.29, 1.82) is 0 Å². The minimum atomic E-state index is -0.346. The van der Waals surface area contributed by atoms with Crippen molar-refractivity contribution in [2.24, 2.45) is 0 Å². The van der Waals surface area contributed by atoms with Crippen LogP contribution in [0.3, 0.4) is 0 Å². The number of aryl methyl sites for hydroxylation is 3. The summed E-state index contributed by atoms with van der Waals surface area (Å²) in [6, 6.07) is 7.90. The molecule has 0 radical (unpaired) electrons. The van der Waals surface area contributed by atoms with E-state index in [4.69, 9.17) is 4.52 Å². The van der Waals surface area contributed by atoms with E-state index in [9.17, 15) is 4.79 Å². The number of anilines is 3. The first-order chi connectivity index (χ1) is 13.0. The Morgan fingerprint density at radius 1 is 1.33 bits per heavy atom. The standard InChI is InChI=1S/C18H21N5O2S2/c1-5-13-8-6-7-10(2)15(13)20-17-21-22-18(27-17)26-12(4)16(24)19-14-9-11(3)23-25-14/h6-9,12H,5H2,1-4H3,(H,19,24)(H,20,21). The van der Waals surface area contributed by atoms with Gasteiger partial charge in [0.05, 0.1) is 10.9 Å². The Labute approximate surface area is 165 Å². The second kappa shape index (κ2) is 8.53. The predicted octanol–water partition coefficient (Wildman–Crippen LogP) is 4.57. The summed E-state index contributed by atoms with van der Waals surface area (Å²) in [7, 11) is 0. The highest BCUT2D eigenvalue weighted by atomic mass is 32.2. The van der Waals surface area contributed by atoms with Crippen molar-refractivity contribution in [2.45, 2.75) is 43.7 Å². The number of hydrogen-bond acceptors (Lipinski definition) is 8. The lowest BCUT2D eigenvalue weighted by Gasteiger charge is -2.11. The number of rotatable bonds is 7. The van der Waals surface area contributed by atoms with Gasteiger partial charge in [-0.15, -0.1) is 10.2 Å². The summed E-state index contributed by atoms with van der Waals surface area (Å²) >= 11 is 2.78. The Kier molecular flexibility index (Phi) is 6.12. The molecule has 0 aliphatic rings. The molecule has 0 aliphatic heterocycles. The third-order valence-corrected chi connectivity index (χ3v) is 5.92. The smallest absolute Gasteiger partial charge is 0.240 e. The molecule has 0 saturated heterocycles. The van der Waals surface area contributed by atoms with Crippen LogP contribution in [0.2, 0.25) is 0 Å². The van der Waals surface area contributed by atoms with Crippen molar-refractivity contribution in [3.05, 3.63) is 41.1 Å². The van der Waals surface area contributed by atoms with E-state index >= 15 is 0 Å². The fourth-order valence-electron chi connectivity index (χ4n) is 2.47. The zero-order valence-electron chi connectivity index (χ0n) is 15.6. The fourth-order valence-corrected chi connectivity index (χ4v) is 4.37. The van der Waals surface area contributed by atoms with Crippen LogP contribution in [-0.4, -0.2) is 26.5 Å². The molecule has 1 aromatic carbocycles. The van der Waals surface area contributed by atoms with Crippen LogP contribution in [0.1, 0.15) is 30.7 Å². The molecule has 0 fully saturated rings. The normalized spacial score (nSPS) is 12.0. The van der Waals surface area contributed by atoms with Gasteiger partial charge in [0.25, 0.3) is 0 Å². The lowest BCUT2D eigenvalue weighted by molar-refractivity contribution is -0.115. The average Bonchev–Trinajstić information content (AvgIpc) is 3.25. The third kappa shape index (κ3) is 4.86. The van der Waals surface area contributed by atoms with E-state index in [0.29, 0.717) is 16.7 Å². The van der Waals surface area contributed by atoms with Crippen LogP contribution in [0.25, 0.3) is 0 Å². The minimum Gasteiger partial charge on any atom is -0.338 e. The first-order valence-corrected chi connectivity index (χ1v) is 10.3. The largest absolute Gasteiger partial charge is 0.338 e. The number of thioether (sulfide) groups is 1. The maximum atomic E-state index is 12.3. The monoisotopic (exact) mass is 403 g/mol. The molecule has 1 atom stereocenters. The third-order valence-electron chi connectivity index (χ3n) is 3.90. The van der Waals surface area contributed by atoms with Crippen molar-refractivity contribution in [1.82, 2.24) is 15.4 Å². The molecule has 2 N–H and O–H groups in total. The lowest BCUT2D eigenvalue weighted by Crippen LogP contribution is -2.22. The maximum absolute atomic E-state index is 12.3. The molecular formula is C18H21N5O2S2. The van der Waals surface area contributed by atoms with E-state index in [2.05, 4.69) is 58.0 Å². The Balaban J connectivity index is 1.63. The van der Waals surface area contributed by atoms with Crippen molar-refractivity contribution >= 4 is 45.7 Å². The summed E-state index contributed by atoms with van der Waals surface area (Å²) in [5, 5.41) is 18.6. The van der Waals surface area contributed by atoms with E-state index < -0.39 is 0 Å². The number of carbonyl (C=O) groups is 1. The van der Waals surface area contributed by atoms with Crippen molar-refractivity contribution < 1.29 is 9.32 Å². The number of para-hydroxylation sites is 1. The predicted molar refractivity (Wildman–Crippen MR) is 109 cm³/mol. The Bertz CT molecular complexity index is 937. The van der Waals surface area contributed by atoms with Crippen molar-refractivity contribution in [3.63, 3.8) is 0 Å². The van der Waals surface area contributed by atoms with Gasteiger partial charge < -0.3 is 9.84 Å². The van der Waals surface area contributed by atoms with E-state index in [1.807, 2.05) is 6.92 Å². The van der Waals surface area contributed by atoms with Crippen molar-refractivity contribution in [2.75, 3.05) is 10.6 Å². The van der Waals surface area contributed by atoms with Gasteiger partial charge in [-0.05, 0) is 38.3 Å². The van der Waals surface area contributed by atoms with Crippen molar-refractivity contribution in [3.8, 4) is 0 Å². The molecule has 2 heterocycles. The molecule has 27 heavy (non-hydrogen) atoms. The molecule has 7 nitrogen and oxygen atoms in total. The van der Waals surface area contributed by atoms with Crippen LogP contribution in [0.15, 0.2) is 33.1 Å². The van der Waals surface area contributed by atoms with Gasteiger partial charge in [0, 0.05) is 11.8 Å². The van der Waals surface area contributed by atoms with Gasteiger partial charge in [0.15, 0.2) is 4.34 Å². The molecule has 3 aromatic rings. The second-order valence-electron chi connectivity index (χ2n) is 6.04. The first kappa shape index (κ1) is 19.4. The quantitative estimate of drug-likeness (QED) is 0.558. The zero-order chi connectivity index (χ0) is 19.4. The molecule has 9 heteroatoms. The molecule has 3 rings (SSSR count). The fraction of sp³-hybridized carbons (Fsp3) is 0.333. The number of carbonyl (C=O) groups excluding carboxylic acids is 1. The van der Waals surface area contributed by atoms with Crippen LogP contribution in [0.5, 0.6) is 0 Å². The lowest BCUT2D eigenvalue weighted by atomic mass is 10.1. The summed E-state index contributed by atoms with van der Waals surface area (Å²) in [5.74, 6) is 0.171. The van der Waals surface area contributed by atoms with E-state index in [1.165, 1.54) is 28.7 Å². The Morgan fingerprint density at radius 2 is 2.15 bits per heavy atom. The molecule has 142 valence electrons. The number of amides is 1. The van der Waals surface area contributed by atoms with Crippen LogP contribution in [0.4, 0.5) is 16.7 Å². The van der Waals surface area contributed by atoms with Gasteiger partial charge >= 0.3 is 0 Å². The summed E-state index contributed by atoms with van der Waals surface area (Å²) in [4.78, 5) is 12.3. The highest BCUT2D eigenvalue weighted by Gasteiger charge is 2.19. The number of aromatic nitrogens is 3. The average molecular weight is 404 g/mol. The molecule has 1 unspecified atom stereocenters. The summed E-state index contributed by atoms with van der Waals surface area (Å²) in [5.41, 5.74) is 4.18. The molecule has 0 spiro atoms. The summed E-state index contributed by atoms with van der Waals surface area (Å²) < 4.78 is 5.73. The topological polar surface area (TPSA) is 92.9 Å². The van der Waals surface area contributed by atoms with Gasteiger partial charge in [0.2, 0.25) is 16.9 Å². The van der Waals surface area contributed by atoms with Crippen LogP contribution >= 0.6 is 23.1 Å². The highest BCUT2D eigenvalue weighted by molar-refractivity contribution is 8.02. The van der Waals surface area contributed by atoms with Gasteiger partial charge in [-0.2, -0.15) is 0 Å². The highest BCUT2D eigenvalue weighted by Crippen LogP contribution is 2.32. The first-order valence-electron chi connectivity index (χ1n) is 8.56. The van der Waals surface area contributed by atoms with E-state index in [0.717, 1.165) is 22.0 Å². The van der Waals surface area contributed by atoms with Crippen LogP contribution in [-0.2, 0) is 11.2 Å². The number of nitrogens with zero attached hydrogens (tertiary/aromatic N) is 3. The van der Waals surface area contributed by atoms with E-state index in [1.54, 1.807) is 13.0 Å².